The van der Waals surface area contributed by atoms with E-state index in [1.807, 2.05) is 49.4 Å². The van der Waals surface area contributed by atoms with E-state index in [1.54, 1.807) is 24.1 Å². The molecule has 26 heavy (non-hydrogen) atoms. The lowest BCUT2D eigenvalue weighted by Gasteiger charge is -2.30. The number of hydrogen-bond acceptors (Lipinski definition) is 3. The second kappa shape index (κ2) is 9.97. The summed E-state index contributed by atoms with van der Waals surface area (Å²) >= 11 is 3.36. The Morgan fingerprint density at radius 3 is 2.35 bits per heavy atom. The third kappa shape index (κ3) is 5.59. The molecule has 0 spiro atoms. The summed E-state index contributed by atoms with van der Waals surface area (Å²) in [7, 11) is 1.58. The van der Waals surface area contributed by atoms with E-state index in [-0.39, 0.29) is 18.4 Å². The van der Waals surface area contributed by atoms with Crippen LogP contribution < -0.4 is 10.1 Å². The van der Waals surface area contributed by atoms with Crippen LogP contribution in [0, 0.1) is 0 Å². The maximum atomic E-state index is 12.8. The number of likely N-dealkylation sites (N-methyl/N-ethyl adjacent to an activating group) is 1. The fraction of sp³-hybridized carbons (Fsp3) is 0.300. The van der Waals surface area contributed by atoms with Crippen molar-refractivity contribution < 1.29 is 14.3 Å². The standard InChI is InChI=1S/C20H23BrN2O3/c1-3-18(20(25)22-2)23(13-15-7-5-4-6-8-15)19(24)14-26-17-11-9-16(21)10-12-17/h4-12,18H,3,13-14H2,1-2H3,(H,22,25)/t18-/m1/s1. The summed E-state index contributed by atoms with van der Waals surface area (Å²) in [5, 5.41) is 2.64. The molecule has 6 heteroatoms. The van der Waals surface area contributed by atoms with Crippen LogP contribution in [0.15, 0.2) is 59.1 Å². The molecule has 2 aromatic rings. The highest BCUT2D eigenvalue weighted by molar-refractivity contribution is 9.10. The minimum absolute atomic E-state index is 0.123. The fourth-order valence-electron chi connectivity index (χ4n) is 2.63. The largest absolute Gasteiger partial charge is 0.484 e. The molecule has 0 aliphatic rings. The second-order valence-electron chi connectivity index (χ2n) is 5.79. The zero-order chi connectivity index (χ0) is 18.9. The quantitative estimate of drug-likeness (QED) is 0.714. The van der Waals surface area contributed by atoms with E-state index in [9.17, 15) is 9.59 Å². The maximum absolute atomic E-state index is 12.8. The molecule has 0 aliphatic heterocycles. The Morgan fingerprint density at radius 2 is 1.77 bits per heavy atom. The van der Waals surface area contributed by atoms with Gasteiger partial charge in [-0.2, -0.15) is 0 Å². The number of ether oxygens (including phenoxy) is 1. The van der Waals surface area contributed by atoms with Crippen LogP contribution in [0.4, 0.5) is 0 Å². The van der Waals surface area contributed by atoms with Gasteiger partial charge in [-0.15, -0.1) is 0 Å². The lowest BCUT2D eigenvalue weighted by atomic mass is 10.1. The van der Waals surface area contributed by atoms with Gasteiger partial charge in [0.25, 0.3) is 5.91 Å². The number of nitrogens with one attached hydrogen (secondary N) is 1. The number of nitrogens with zero attached hydrogens (tertiary/aromatic N) is 1. The predicted molar refractivity (Wildman–Crippen MR) is 105 cm³/mol. The summed E-state index contributed by atoms with van der Waals surface area (Å²) in [6.45, 7) is 2.12. The zero-order valence-electron chi connectivity index (χ0n) is 14.9. The van der Waals surface area contributed by atoms with Crippen LogP contribution in [-0.4, -0.2) is 36.4 Å². The van der Waals surface area contributed by atoms with Crippen molar-refractivity contribution in [2.45, 2.75) is 25.9 Å². The number of benzene rings is 2. The summed E-state index contributed by atoms with van der Waals surface area (Å²) in [6.07, 6.45) is 0.524. The van der Waals surface area contributed by atoms with Crippen molar-refractivity contribution in [3.05, 3.63) is 64.6 Å². The van der Waals surface area contributed by atoms with Crippen molar-refractivity contribution >= 4 is 27.7 Å². The smallest absolute Gasteiger partial charge is 0.261 e. The van der Waals surface area contributed by atoms with E-state index in [0.29, 0.717) is 18.7 Å². The van der Waals surface area contributed by atoms with E-state index >= 15 is 0 Å². The van der Waals surface area contributed by atoms with Gasteiger partial charge < -0.3 is 15.0 Å². The molecule has 1 N–H and O–H groups in total. The summed E-state index contributed by atoms with van der Waals surface area (Å²) in [4.78, 5) is 26.6. The Bertz CT molecular complexity index is 720. The van der Waals surface area contributed by atoms with Crippen molar-refractivity contribution in [1.29, 1.82) is 0 Å². The van der Waals surface area contributed by atoms with Gasteiger partial charge in [0.15, 0.2) is 6.61 Å². The molecule has 0 unspecified atom stereocenters. The Hall–Kier alpha value is -2.34. The van der Waals surface area contributed by atoms with Gasteiger partial charge >= 0.3 is 0 Å². The van der Waals surface area contributed by atoms with Crippen LogP contribution in [0.2, 0.25) is 0 Å². The van der Waals surface area contributed by atoms with Gasteiger partial charge in [-0.05, 0) is 36.2 Å². The highest BCUT2D eigenvalue weighted by Gasteiger charge is 2.28. The van der Waals surface area contributed by atoms with Gasteiger partial charge in [-0.1, -0.05) is 53.2 Å². The molecule has 0 heterocycles. The molecule has 0 saturated carbocycles. The monoisotopic (exact) mass is 418 g/mol. The lowest BCUT2D eigenvalue weighted by molar-refractivity contribution is -0.142. The summed E-state index contributed by atoms with van der Waals surface area (Å²) in [5.74, 6) is 0.196. The molecule has 0 saturated heterocycles. The van der Waals surface area contributed by atoms with Gasteiger partial charge in [-0.25, -0.2) is 0 Å². The highest BCUT2D eigenvalue weighted by Crippen LogP contribution is 2.17. The number of halogens is 1. The highest BCUT2D eigenvalue weighted by atomic mass is 79.9. The molecular formula is C20H23BrN2O3. The van der Waals surface area contributed by atoms with Crippen LogP contribution >= 0.6 is 15.9 Å². The molecule has 0 aromatic heterocycles. The molecule has 2 amide bonds. The van der Waals surface area contributed by atoms with E-state index in [2.05, 4.69) is 21.2 Å². The molecule has 138 valence electrons. The first-order valence-electron chi connectivity index (χ1n) is 8.48. The zero-order valence-corrected chi connectivity index (χ0v) is 16.5. The molecule has 5 nitrogen and oxygen atoms in total. The molecule has 0 bridgehead atoms. The van der Waals surface area contributed by atoms with Crippen molar-refractivity contribution in [3.63, 3.8) is 0 Å². The first kappa shape index (κ1) is 20.0. The Morgan fingerprint density at radius 1 is 1.12 bits per heavy atom. The van der Waals surface area contributed by atoms with E-state index in [4.69, 9.17) is 4.74 Å². The number of rotatable bonds is 8. The lowest BCUT2D eigenvalue weighted by Crippen LogP contribution is -2.49. The molecule has 2 rings (SSSR count). The van der Waals surface area contributed by atoms with Crippen LogP contribution in [0.5, 0.6) is 5.75 Å². The molecule has 0 radical (unpaired) electrons. The number of carbonyl (C=O) groups excluding carboxylic acids is 2. The second-order valence-corrected chi connectivity index (χ2v) is 6.70. The maximum Gasteiger partial charge on any atom is 0.261 e. The van der Waals surface area contributed by atoms with Crippen molar-refractivity contribution in [3.8, 4) is 5.75 Å². The minimum atomic E-state index is -0.541. The van der Waals surface area contributed by atoms with Gasteiger partial charge in [0.1, 0.15) is 11.8 Å². The van der Waals surface area contributed by atoms with E-state index in [1.165, 1.54) is 0 Å². The van der Waals surface area contributed by atoms with Gasteiger partial charge in [-0.3, -0.25) is 9.59 Å². The number of hydrogen-bond donors (Lipinski definition) is 1. The Balaban J connectivity index is 2.13. The van der Waals surface area contributed by atoms with Gasteiger partial charge in [0.2, 0.25) is 5.91 Å². The third-order valence-corrected chi connectivity index (χ3v) is 4.53. The Labute approximate surface area is 162 Å². The normalized spacial score (nSPS) is 11.5. The minimum Gasteiger partial charge on any atom is -0.484 e. The predicted octanol–water partition coefficient (Wildman–Crippen LogP) is 3.38. The summed E-state index contributed by atoms with van der Waals surface area (Å²) in [6, 6.07) is 16.3. The van der Waals surface area contributed by atoms with Crippen LogP contribution in [0.1, 0.15) is 18.9 Å². The molecule has 2 aromatic carbocycles. The number of amides is 2. The average Bonchev–Trinajstić information content (AvgIpc) is 2.67. The van der Waals surface area contributed by atoms with Crippen LogP contribution in [-0.2, 0) is 16.1 Å². The SMILES string of the molecule is CC[C@H](C(=O)NC)N(Cc1ccccc1)C(=O)COc1ccc(Br)cc1. The van der Waals surface area contributed by atoms with Crippen molar-refractivity contribution in [1.82, 2.24) is 10.2 Å². The summed E-state index contributed by atoms with van der Waals surface area (Å²) < 4.78 is 6.54. The first-order chi connectivity index (χ1) is 12.5. The molecule has 0 aliphatic carbocycles. The Kier molecular flexibility index (Phi) is 7.66. The van der Waals surface area contributed by atoms with Gasteiger partial charge in [0.05, 0.1) is 0 Å². The molecular weight excluding hydrogens is 396 g/mol. The fourth-order valence-corrected chi connectivity index (χ4v) is 2.89. The molecule has 1 atom stereocenters. The van der Waals surface area contributed by atoms with Crippen LogP contribution in [0.3, 0.4) is 0 Å². The first-order valence-corrected chi connectivity index (χ1v) is 9.27. The van der Waals surface area contributed by atoms with Crippen LogP contribution in [0.25, 0.3) is 0 Å². The van der Waals surface area contributed by atoms with Gasteiger partial charge in [0, 0.05) is 18.1 Å². The number of carbonyl (C=O) groups is 2. The van der Waals surface area contributed by atoms with Crippen molar-refractivity contribution in [2.75, 3.05) is 13.7 Å². The average molecular weight is 419 g/mol. The summed E-state index contributed by atoms with van der Waals surface area (Å²) in [5.41, 5.74) is 0.965. The van der Waals surface area contributed by atoms with E-state index < -0.39 is 6.04 Å². The topological polar surface area (TPSA) is 58.6 Å². The molecule has 0 fully saturated rings. The third-order valence-electron chi connectivity index (χ3n) is 4.00. The van der Waals surface area contributed by atoms with E-state index in [0.717, 1.165) is 10.0 Å². The van der Waals surface area contributed by atoms with Crippen molar-refractivity contribution in [2.24, 2.45) is 0 Å².